The highest BCUT2D eigenvalue weighted by Gasteiger charge is 2.32. The summed E-state index contributed by atoms with van der Waals surface area (Å²) < 4.78 is 0. The van der Waals surface area contributed by atoms with E-state index >= 15 is 0 Å². The van der Waals surface area contributed by atoms with Gasteiger partial charge in [0.1, 0.15) is 5.75 Å². The van der Waals surface area contributed by atoms with Crippen LogP contribution in [0.4, 0.5) is 0 Å². The number of phenolic OH excluding ortho intramolecular Hbond substituents is 1. The molecule has 4 nitrogen and oxygen atoms in total. The van der Waals surface area contributed by atoms with Gasteiger partial charge in [0.15, 0.2) is 5.78 Å². The third-order valence-corrected chi connectivity index (χ3v) is 4.44. The third-order valence-electron chi connectivity index (χ3n) is 4.44. The number of hydrogen-bond donors (Lipinski definition) is 2. The van der Waals surface area contributed by atoms with Gasteiger partial charge in [0.05, 0.1) is 11.6 Å². The second-order valence-electron chi connectivity index (χ2n) is 5.93. The number of carbonyl (C=O) groups is 2. The fraction of sp³-hybridized carbons (Fsp3) is 0.0476. The van der Waals surface area contributed by atoms with E-state index in [9.17, 15) is 14.7 Å². The third kappa shape index (κ3) is 2.48. The molecule has 3 aromatic rings. The van der Waals surface area contributed by atoms with E-state index in [0.29, 0.717) is 16.7 Å². The number of phenols is 1. The van der Waals surface area contributed by atoms with Crippen LogP contribution in [0.25, 0.3) is 0 Å². The van der Waals surface area contributed by atoms with Crippen molar-refractivity contribution < 1.29 is 14.7 Å². The Kier molecular flexibility index (Phi) is 3.58. The number of aromatic hydroxyl groups is 1. The summed E-state index contributed by atoms with van der Waals surface area (Å²) in [6.07, 6.45) is 0. The van der Waals surface area contributed by atoms with Crippen LogP contribution >= 0.6 is 0 Å². The Bertz CT molecular complexity index is 979. The highest BCUT2D eigenvalue weighted by atomic mass is 16.3. The zero-order valence-corrected chi connectivity index (χ0v) is 13.3. The van der Waals surface area contributed by atoms with Gasteiger partial charge >= 0.3 is 0 Å². The zero-order valence-electron chi connectivity index (χ0n) is 13.3. The highest BCUT2D eigenvalue weighted by Crippen LogP contribution is 2.36. The van der Waals surface area contributed by atoms with Crippen LogP contribution in [0.1, 0.15) is 43.4 Å². The molecule has 0 spiro atoms. The molecule has 0 aliphatic carbocycles. The Hall–Kier alpha value is -3.40. The first-order chi connectivity index (χ1) is 12.2. The van der Waals surface area contributed by atoms with E-state index in [-0.39, 0.29) is 23.0 Å². The number of fused-ring (bicyclic) bond motifs is 1. The summed E-state index contributed by atoms with van der Waals surface area (Å²) in [6.45, 7) is 0. The van der Waals surface area contributed by atoms with Crippen molar-refractivity contribution >= 4 is 11.7 Å². The van der Waals surface area contributed by atoms with Gasteiger partial charge in [0, 0.05) is 11.1 Å². The molecular weight excluding hydrogens is 314 g/mol. The molecule has 0 saturated heterocycles. The Morgan fingerprint density at radius 3 is 2.32 bits per heavy atom. The van der Waals surface area contributed by atoms with E-state index in [2.05, 4.69) is 5.32 Å². The number of rotatable bonds is 3. The zero-order chi connectivity index (χ0) is 17.4. The quantitative estimate of drug-likeness (QED) is 0.723. The lowest BCUT2D eigenvalue weighted by molar-refractivity contribution is 0.0957. The fourth-order valence-corrected chi connectivity index (χ4v) is 3.27. The second-order valence-corrected chi connectivity index (χ2v) is 5.93. The van der Waals surface area contributed by atoms with E-state index in [0.717, 1.165) is 5.56 Å². The van der Waals surface area contributed by atoms with Crippen LogP contribution in [0.2, 0.25) is 0 Å². The standard InChI is InChI=1S/C21H15NO3/c23-17-12-6-11-16(18(17)20(24)13-7-2-1-3-8-13)19-14-9-4-5-10-15(14)21(25)22-19/h1-12,19,23H,(H,22,25). The first-order valence-electron chi connectivity index (χ1n) is 7.98. The summed E-state index contributed by atoms with van der Waals surface area (Å²) in [5.74, 6) is -0.542. The summed E-state index contributed by atoms with van der Waals surface area (Å²) in [7, 11) is 0. The maximum atomic E-state index is 13.0. The minimum Gasteiger partial charge on any atom is -0.507 e. The predicted molar refractivity (Wildman–Crippen MR) is 93.7 cm³/mol. The molecule has 0 bridgehead atoms. The Morgan fingerprint density at radius 1 is 0.840 bits per heavy atom. The van der Waals surface area contributed by atoms with Gasteiger partial charge in [-0.2, -0.15) is 0 Å². The lowest BCUT2D eigenvalue weighted by atomic mass is 9.90. The van der Waals surface area contributed by atoms with Crippen LogP contribution in [-0.2, 0) is 0 Å². The van der Waals surface area contributed by atoms with E-state index in [1.54, 1.807) is 48.5 Å². The molecular formula is C21H15NO3. The molecule has 4 heteroatoms. The molecule has 1 heterocycles. The minimum absolute atomic E-state index is 0.0926. The SMILES string of the molecule is O=C1NC(c2cccc(O)c2C(=O)c2ccccc2)c2ccccc21. The van der Waals surface area contributed by atoms with Crippen molar-refractivity contribution in [2.75, 3.05) is 0 Å². The van der Waals surface area contributed by atoms with Crippen molar-refractivity contribution in [3.63, 3.8) is 0 Å². The number of ketones is 1. The number of amides is 1. The maximum absolute atomic E-state index is 13.0. The van der Waals surface area contributed by atoms with Crippen molar-refractivity contribution in [3.05, 3.63) is 101 Å². The second kappa shape index (κ2) is 5.91. The van der Waals surface area contributed by atoms with Gasteiger partial charge in [-0.3, -0.25) is 9.59 Å². The lowest BCUT2D eigenvalue weighted by Gasteiger charge is -2.17. The molecule has 0 saturated carbocycles. The summed E-state index contributed by atoms with van der Waals surface area (Å²) in [4.78, 5) is 25.2. The van der Waals surface area contributed by atoms with Crippen molar-refractivity contribution in [2.45, 2.75) is 6.04 Å². The van der Waals surface area contributed by atoms with Crippen molar-refractivity contribution in [1.82, 2.24) is 5.32 Å². The molecule has 1 atom stereocenters. The lowest BCUT2D eigenvalue weighted by Crippen LogP contribution is -2.22. The van der Waals surface area contributed by atoms with Gasteiger partial charge in [-0.05, 0) is 23.3 Å². The molecule has 3 aromatic carbocycles. The molecule has 0 fully saturated rings. The Labute approximate surface area is 144 Å². The molecule has 0 aromatic heterocycles. The van der Waals surface area contributed by atoms with Crippen LogP contribution in [0.5, 0.6) is 5.75 Å². The largest absolute Gasteiger partial charge is 0.507 e. The topological polar surface area (TPSA) is 66.4 Å². The monoisotopic (exact) mass is 329 g/mol. The molecule has 4 rings (SSSR count). The average molecular weight is 329 g/mol. The van der Waals surface area contributed by atoms with Gasteiger partial charge in [-0.15, -0.1) is 0 Å². The molecule has 0 radical (unpaired) electrons. The smallest absolute Gasteiger partial charge is 0.252 e. The summed E-state index contributed by atoms with van der Waals surface area (Å²) >= 11 is 0. The fourth-order valence-electron chi connectivity index (χ4n) is 3.27. The van der Waals surface area contributed by atoms with Gasteiger partial charge in [-0.1, -0.05) is 60.7 Å². The van der Waals surface area contributed by atoms with E-state index in [4.69, 9.17) is 0 Å². The summed E-state index contributed by atoms with van der Waals surface area (Å²) in [5.41, 5.74) is 2.69. The van der Waals surface area contributed by atoms with Crippen LogP contribution in [0.3, 0.4) is 0 Å². The van der Waals surface area contributed by atoms with Crippen molar-refractivity contribution in [3.8, 4) is 5.75 Å². The molecule has 122 valence electrons. The van der Waals surface area contributed by atoms with Gasteiger partial charge in [0.2, 0.25) is 0 Å². The Morgan fingerprint density at radius 2 is 1.52 bits per heavy atom. The number of carbonyl (C=O) groups excluding carboxylic acids is 2. The molecule has 2 N–H and O–H groups in total. The molecule has 25 heavy (non-hydrogen) atoms. The minimum atomic E-state index is -0.460. The van der Waals surface area contributed by atoms with Crippen LogP contribution in [-0.4, -0.2) is 16.8 Å². The van der Waals surface area contributed by atoms with Gasteiger partial charge in [0.25, 0.3) is 5.91 Å². The molecule has 1 aliphatic rings. The summed E-state index contributed by atoms with van der Waals surface area (Å²) in [5, 5.41) is 13.3. The Balaban J connectivity index is 1.87. The van der Waals surface area contributed by atoms with E-state index in [1.807, 2.05) is 18.2 Å². The van der Waals surface area contributed by atoms with E-state index in [1.165, 1.54) is 6.07 Å². The molecule has 1 amide bonds. The number of benzene rings is 3. The summed E-state index contributed by atoms with van der Waals surface area (Å²) in [6, 6.07) is 20.6. The maximum Gasteiger partial charge on any atom is 0.252 e. The van der Waals surface area contributed by atoms with E-state index < -0.39 is 6.04 Å². The van der Waals surface area contributed by atoms with Gasteiger partial charge in [-0.25, -0.2) is 0 Å². The van der Waals surface area contributed by atoms with Gasteiger partial charge < -0.3 is 10.4 Å². The normalized spacial score (nSPS) is 15.5. The molecule has 1 aliphatic heterocycles. The molecule has 1 unspecified atom stereocenters. The van der Waals surface area contributed by atoms with Crippen LogP contribution in [0, 0.1) is 0 Å². The van der Waals surface area contributed by atoms with Crippen LogP contribution in [0.15, 0.2) is 72.8 Å². The average Bonchev–Trinajstić information content (AvgIpc) is 2.99. The number of nitrogens with one attached hydrogen (secondary N) is 1. The first-order valence-corrected chi connectivity index (χ1v) is 7.98. The van der Waals surface area contributed by atoms with Crippen LogP contribution < -0.4 is 5.32 Å². The van der Waals surface area contributed by atoms with Crippen molar-refractivity contribution in [1.29, 1.82) is 0 Å². The van der Waals surface area contributed by atoms with Crippen molar-refractivity contribution in [2.24, 2.45) is 0 Å². The highest BCUT2D eigenvalue weighted by molar-refractivity contribution is 6.12. The first kappa shape index (κ1) is 15.1. The number of hydrogen-bond acceptors (Lipinski definition) is 3. The predicted octanol–water partition coefficient (Wildman–Crippen LogP) is 3.46.